The van der Waals surface area contributed by atoms with Gasteiger partial charge in [0, 0.05) is 6.26 Å². The standard InChI is InChI=1S/C10H19N3O3S/c1-6(2)5-8(11)10-12-9(13-16-10)7(3)17(4,14)15/h6-8H,5,11H2,1-4H3/t7?,8-/m0/s1. The lowest BCUT2D eigenvalue weighted by atomic mass is 10.0. The summed E-state index contributed by atoms with van der Waals surface area (Å²) in [5.41, 5.74) is 5.87. The Morgan fingerprint density at radius 2 is 1.94 bits per heavy atom. The minimum absolute atomic E-state index is 0.168. The Morgan fingerprint density at radius 1 is 1.35 bits per heavy atom. The Bertz CT molecular complexity index is 467. The Morgan fingerprint density at radius 3 is 2.41 bits per heavy atom. The van der Waals surface area contributed by atoms with Gasteiger partial charge in [-0.05, 0) is 19.3 Å². The van der Waals surface area contributed by atoms with Crippen molar-refractivity contribution in [3.63, 3.8) is 0 Å². The molecule has 0 aromatic carbocycles. The number of nitrogens with zero attached hydrogens (tertiary/aromatic N) is 2. The summed E-state index contributed by atoms with van der Waals surface area (Å²) in [6.45, 7) is 5.60. The average Bonchev–Trinajstić information content (AvgIpc) is 2.62. The number of sulfone groups is 1. The van der Waals surface area contributed by atoms with Crippen LogP contribution in [0.3, 0.4) is 0 Å². The Balaban J connectivity index is 2.85. The van der Waals surface area contributed by atoms with Gasteiger partial charge in [0.2, 0.25) is 5.89 Å². The molecule has 0 saturated carbocycles. The lowest BCUT2D eigenvalue weighted by Gasteiger charge is -2.08. The van der Waals surface area contributed by atoms with Crippen LogP contribution < -0.4 is 5.73 Å². The van der Waals surface area contributed by atoms with E-state index < -0.39 is 15.1 Å². The van der Waals surface area contributed by atoms with Crippen molar-refractivity contribution in [1.82, 2.24) is 10.1 Å². The second-order valence-electron chi connectivity index (χ2n) is 4.70. The predicted octanol–water partition coefficient (Wildman–Crippen LogP) is 1.22. The van der Waals surface area contributed by atoms with Crippen LogP contribution in [0.15, 0.2) is 4.52 Å². The predicted molar refractivity (Wildman–Crippen MR) is 63.9 cm³/mol. The summed E-state index contributed by atoms with van der Waals surface area (Å²) >= 11 is 0. The molecule has 1 aromatic rings. The van der Waals surface area contributed by atoms with Gasteiger partial charge in [-0.3, -0.25) is 0 Å². The van der Waals surface area contributed by atoms with Crippen LogP contribution in [0.4, 0.5) is 0 Å². The van der Waals surface area contributed by atoms with E-state index in [2.05, 4.69) is 10.1 Å². The lowest BCUT2D eigenvalue weighted by molar-refractivity contribution is 0.332. The largest absolute Gasteiger partial charge is 0.338 e. The summed E-state index contributed by atoms with van der Waals surface area (Å²) in [5.74, 6) is 0.874. The maximum Gasteiger partial charge on any atom is 0.243 e. The Hall–Kier alpha value is -0.950. The highest BCUT2D eigenvalue weighted by Crippen LogP contribution is 2.21. The second kappa shape index (κ2) is 5.14. The molecule has 2 N–H and O–H groups in total. The van der Waals surface area contributed by atoms with E-state index in [0.717, 1.165) is 12.7 Å². The molecule has 7 heteroatoms. The van der Waals surface area contributed by atoms with Crippen LogP contribution in [0.2, 0.25) is 0 Å². The molecule has 0 aliphatic rings. The molecule has 0 aliphatic carbocycles. The van der Waals surface area contributed by atoms with Crippen molar-refractivity contribution >= 4 is 9.84 Å². The van der Waals surface area contributed by atoms with Gasteiger partial charge in [0.25, 0.3) is 0 Å². The highest BCUT2D eigenvalue weighted by atomic mass is 32.2. The van der Waals surface area contributed by atoms with Gasteiger partial charge in [-0.25, -0.2) is 8.42 Å². The molecule has 0 aliphatic heterocycles. The van der Waals surface area contributed by atoms with E-state index in [1.165, 1.54) is 6.92 Å². The van der Waals surface area contributed by atoms with Gasteiger partial charge in [-0.1, -0.05) is 19.0 Å². The van der Waals surface area contributed by atoms with Gasteiger partial charge < -0.3 is 10.3 Å². The number of nitrogens with two attached hydrogens (primary N) is 1. The molecule has 0 spiro atoms. The van der Waals surface area contributed by atoms with Gasteiger partial charge in [-0.15, -0.1) is 0 Å². The van der Waals surface area contributed by atoms with Crippen LogP contribution in [0.1, 0.15) is 50.2 Å². The van der Waals surface area contributed by atoms with E-state index in [1.54, 1.807) is 0 Å². The maximum atomic E-state index is 11.3. The summed E-state index contributed by atoms with van der Waals surface area (Å²) in [6.07, 6.45) is 1.86. The topological polar surface area (TPSA) is 99.1 Å². The molecule has 6 nitrogen and oxygen atoms in total. The minimum atomic E-state index is -3.22. The van der Waals surface area contributed by atoms with Gasteiger partial charge in [0.1, 0.15) is 5.25 Å². The van der Waals surface area contributed by atoms with E-state index >= 15 is 0 Å². The first kappa shape index (κ1) is 14.1. The van der Waals surface area contributed by atoms with Crippen molar-refractivity contribution in [3.05, 3.63) is 11.7 Å². The minimum Gasteiger partial charge on any atom is -0.338 e. The molecule has 1 aromatic heterocycles. The summed E-state index contributed by atoms with van der Waals surface area (Å²) in [6, 6.07) is -0.344. The molecular formula is C10H19N3O3S. The van der Waals surface area contributed by atoms with Crippen LogP contribution in [-0.2, 0) is 9.84 Å². The van der Waals surface area contributed by atoms with E-state index in [-0.39, 0.29) is 11.9 Å². The quantitative estimate of drug-likeness (QED) is 0.855. The molecule has 1 unspecified atom stereocenters. The van der Waals surface area contributed by atoms with Crippen LogP contribution in [0.25, 0.3) is 0 Å². The van der Waals surface area contributed by atoms with Crippen molar-refractivity contribution in [2.45, 2.75) is 38.5 Å². The van der Waals surface area contributed by atoms with Gasteiger partial charge >= 0.3 is 0 Å². The summed E-state index contributed by atoms with van der Waals surface area (Å²) in [5, 5.41) is 2.89. The molecule has 1 rings (SSSR count). The SMILES string of the molecule is CC(C)C[C@H](N)c1nc(C(C)S(C)(=O)=O)no1. The zero-order chi connectivity index (χ0) is 13.2. The van der Waals surface area contributed by atoms with E-state index in [9.17, 15) is 8.42 Å². The number of hydrogen-bond acceptors (Lipinski definition) is 6. The number of aromatic nitrogens is 2. The molecule has 1 heterocycles. The zero-order valence-electron chi connectivity index (χ0n) is 10.5. The van der Waals surface area contributed by atoms with Gasteiger partial charge in [0.05, 0.1) is 6.04 Å². The van der Waals surface area contributed by atoms with Crippen LogP contribution in [0, 0.1) is 5.92 Å². The third-order valence-corrected chi connectivity index (χ3v) is 4.00. The third kappa shape index (κ3) is 3.78. The first-order chi connectivity index (χ1) is 7.71. The first-order valence-electron chi connectivity index (χ1n) is 5.49. The smallest absolute Gasteiger partial charge is 0.243 e. The number of rotatable bonds is 5. The molecular weight excluding hydrogens is 242 g/mol. The molecule has 0 bridgehead atoms. The Kier molecular flexibility index (Phi) is 4.26. The van der Waals surface area contributed by atoms with Crippen LogP contribution in [0.5, 0.6) is 0 Å². The molecule has 98 valence electrons. The average molecular weight is 261 g/mol. The molecule has 2 atom stereocenters. The first-order valence-corrected chi connectivity index (χ1v) is 7.45. The zero-order valence-corrected chi connectivity index (χ0v) is 11.4. The van der Waals surface area contributed by atoms with Crippen molar-refractivity contribution < 1.29 is 12.9 Å². The van der Waals surface area contributed by atoms with E-state index in [0.29, 0.717) is 11.8 Å². The van der Waals surface area contributed by atoms with Gasteiger partial charge in [0.15, 0.2) is 15.7 Å². The van der Waals surface area contributed by atoms with E-state index in [4.69, 9.17) is 10.3 Å². The van der Waals surface area contributed by atoms with Crippen molar-refractivity contribution in [2.24, 2.45) is 11.7 Å². The second-order valence-corrected chi connectivity index (χ2v) is 7.06. The fraction of sp³-hybridized carbons (Fsp3) is 0.800. The maximum absolute atomic E-state index is 11.3. The normalized spacial score (nSPS) is 16.1. The highest BCUT2D eigenvalue weighted by molar-refractivity contribution is 7.90. The fourth-order valence-electron chi connectivity index (χ4n) is 1.36. The van der Waals surface area contributed by atoms with Crippen molar-refractivity contribution in [1.29, 1.82) is 0 Å². The molecule has 17 heavy (non-hydrogen) atoms. The lowest BCUT2D eigenvalue weighted by Crippen LogP contribution is -2.14. The summed E-state index contributed by atoms with van der Waals surface area (Å²) < 4.78 is 27.7. The molecule has 0 saturated heterocycles. The van der Waals surface area contributed by atoms with E-state index in [1.807, 2.05) is 13.8 Å². The van der Waals surface area contributed by atoms with Gasteiger partial charge in [-0.2, -0.15) is 4.98 Å². The monoisotopic (exact) mass is 261 g/mol. The Labute approximate surface area is 102 Å². The van der Waals surface area contributed by atoms with Crippen molar-refractivity contribution in [2.75, 3.05) is 6.26 Å². The number of hydrogen-bond donors (Lipinski definition) is 1. The summed E-state index contributed by atoms with van der Waals surface area (Å²) in [7, 11) is -3.22. The van der Waals surface area contributed by atoms with Crippen LogP contribution in [-0.4, -0.2) is 24.8 Å². The third-order valence-electron chi connectivity index (χ3n) is 2.51. The molecule has 0 amide bonds. The fourth-order valence-corrected chi connectivity index (χ4v) is 1.84. The molecule has 0 fully saturated rings. The molecule has 0 radical (unpaired) electrons. The van der Waals surface area contributed by atoms with Crippen molar-refractivity contribution in [3.8, 4) is 0 Å². The summed E-state index contributed by atoms with van der Waals surface area (Å²) in [4.78, 5) is 4.05. The highest BCUT2D eigenvalue weighted by Gasteiger charge is 2.24. The van der Waals surface area contributed by atoms with Crippen LogP contribution >= 0.6 is 0 Å².